The maximum Gasteiger partial charge on any atom is 0.416 e. The lowest BCUT2D eigenvalue weighted by Crippen LogP contribution is -2.10. The van der Waals surface area contributed by atoms with E-state index < -0.39 is 32.4 Å². The van der Waals surface area contributed by atoms with Crippen molar-refractivity contribution < 1.29 is 31.1 Å². The first-order valence-corrected chi connectivity index (χ1v) is 10.6. The van der Waals surface area contributed by atoms with Gasteiger partial charge in [0.15, 0.2) is 0 Å². The van der Waals surface area contributed by atoms with Crippen molar-refractivity contribution in [3.05, 3.63) is 84.2 Å². The number of halogens is 3. The molecule has 2 aromatic carbocycles. The number of anilines is 1. The van der Waals surface area contributed by atoms with Crippen LogP contribution in [0.4, 0.5) is 18.9 Å². The molecule has 1 amide bonds. The number of amides is 1. The lowest BCUT2D eigenvalue weighted by atomic mass is 10.2. The number of pyridine rings is 1. The number of nitrogens with one attached hydrogen (secondary N) is 1. The first-order chi connectivity index (χ1) is 15.1. The summed E-state index contributed by atoms with van der Waals surface area (Å²) >= 11 is 0. The Balaban J connectivity index is 1.82. The number of carbonyl (C=O) groups is 1. The van der Waals surface area contributed by atoms with Crippen LogP contribution in [0.25, 0.3) is 6.08 Å². The predicted octanol–water partition coefficient (Wildman–Crippen LogP) is 4.59. The molecule has 0 spiro atoms. The van der Waals surface area contributed by atoms with E-state index >= 15 is 0 Å². The average Bonchev–Trinajstić information content (AvgIpc) is 2.77. The van der Waals surface area contributed by atoms with Crippen molar-refractivity contribution in [2.75, 3.05) is 12.4 Å². The van der Waals surface area contributed by atoms with E-state index in [4.69, 9.17) is 4.74 Å². The minimum absolute atomic E-state index is 0.212. The van der Waals surface area contributed by atoms with Gasteiger partial charge in [0, 0.05) is 24.2 Å². The van der Waals surface area contributed by atoms with Crippen LogP contribution in [0.5, 0.6) is 5.75 Å². The molecule has 0 aliphatic carbocycles. The highest BCUT2D eigenvalue weighted by Gasteiger charge is 2.33. The molecule has 32 heavy (non-hydrogen) atoms. The molecule has 10 heteroatoms. The monoisotopic (exact) mass is 462 g/mol. The molecule has 0 saturated carbocycles. The van der Waals surface area contributed by atoms with Crippen LogP contribution in [0.1, 0.15) is 11.1 Å². The number of ether oxygens (including phenoxy) is 1. The van der Waals surface area contributed by atoms with Gasteiger partial charge in [0.1, 0.15) is 10.6 Å². The van der Waals surface area contributed by atoms with Gasteiger partial charge in [0.05, 0.1) is 17.6 Å². The van der Waals surface area contributed by atoms with Crippen LogP contribution in [0.3, 0.4) is 0 Å². The molecule has 0 saturated heterocycles. The SMILES string of the molecule is COc1ccc(C(F)(F)F)cc1S(=O)(=O)c1ccc(NC(=O)C=Cc2cccnc2)cc1. The van der Waals surface area contributed by atoms with Crippen molar-refractivity contribution in [3.8, 4) is 5.75 Å². The van der Waals surface area contributed by atoms with Gasteiger partial charge in [-0.25, -0.2) is 8.42 Å². The fourth-order valence-corrected chi connectivity index (χ4v) is 4.18. The lowest BCUT2D eigenvalue weighted by molar-refractivity contribution is -0.137. The zero-order chi connectivity index (χ0) is 23.4. The van der Waals surface area contributed by atoms with E-state index in [2.05, 4.69) is 10.3 Å². The Kier molecular flexibility index (Phi) is 6.64. The summed E-state index contributed by atoms with van der Waals surface area (Å²) in [5.41, 5.74) is -0.0823. The predicted molar refractivity (Wildman–Crippen MR) is 112 cm³/mol. The number of nitrogens with zero attached hydrogens (tertiary/aromatic N) is 1. The summed E-state index contributed by atoms with van der Waals surface area (Å²) in [5, 5.41) is 2.57. The summed E-state index contributed by atoms with van der Waals surface area (Å²) in [7, 11) is -3.15. The maximum absolute atomic E-state index is 13.1. The van der Waals surface area contributed by atoms with E-state index in [1.807, 2.05) is 0 Å². The van der Waals surface area contributed by atoms with Gasteiger partial charge in [-0.05, 0) is 60.2 Å². The summed E-state index contributed by atoms with van der Waals surface area (Å²) < 4.78 is 70.0. The van der Waals surface area contributed by atoms with Crippen LogP contribution < -0.4 is 10.1 Å². The summed E-state index contributed by atoms with van der Waals surface area (Å²) in [6.07, 6.45) is 1.30. The van der Waals surface area contributed by atoms with Gasteiger partial charge in [0.2, 0.25) is 15.7 Å². The molecular weight excluding hydrogens is 445 g/mol. The van der Waals surface area contributed by atoms with Crippen LogP contribution >= 0.6 is 0 Å². The Morgan fingerprint density at radius 2 is 1.81 bits per heavy atom. The molecule has 0 atom stereocenters. The van der Waals surface area contributed by atoms with Crippen LogP contribution in [0.15, 0.2) is 82.9 Å². The zero-order valence-corrected chi connectivity index (χ0v) is 17.4. The molecule has 0 fully saturated rings. The normalized spacial score (nSPS) is 12.0. The number of methoxy groups -OCH3 is 1. The summed E-state index contributed by atoms with van der Waals surface area (Å²) in [4.78, 5) is 15.1. The second-order valence-corrected chi connectivity index (χ2v) is 8.42. The second kappa shape index (κ2) is 9.23. The molecule has 166 valence electrons. The third kappa shape index (κ3) is 5.33. The molecule has 0 radical (unpaired) electrons. The van der Waals surface area contributed by atoms with Crippen LogP contribution in [0, 0.1) is 0 Å². The van der Waals surface area contributed by atoms with Crippen molar-refractivity contribution in [2.24, 2.45) is 0 Å². The van der Waals surface area contributed by atoms with Crippen molar-refractivity contribution in [3.63, 3.8) is 0 Å². The summed E-state index contributed by atoms with van der Waals surface area (Å²) in [6.45, 7) is 0. The van der Waals surface area contributed by atoms with Gasteiger partial charge < -0.3 is 10.1 Å². The van der Waals surface area contributed by atoms with Crippen molar-refractivity contribution in [1.82, 2.24) is 4.98 Å². The molecule has 1 heterocycles. The quantitative estimate of drug-likeness (QED) is 0.542. The first kappa shape index (κ1) is 23.0. The smallest absolute Gasteiger partial charge is 0.416 e. The topological polar surface area (TPSA) is 85.4 Å². The van der Waals surface area contributed by atoms with Crippen molar-refractivity contribution in [2.45, 2.75) is 16.0 Å². The highest BCUT2D eigenvalue weighted by atomic mass is 32.2. The molecule has 3 aromatic rings. The number of hydrogen-bond donors (Lipinski definition) is 1. The highest BCUT2D eigenvalue weighted by Crippen LogP contribution is 2.36. The van der Waals surface area contributed by atoms with E-state index in [9.17, 15) is 26.4 Å². The average molecular weight is 462 g/mol. The molecule has 0 aliphatic heterocycles. The van der Waals surface area contributed by atoms with E-state index in [0.29, 0.717) is 11.8 Å². The third-order valence-corrected chi connectivity index (χ3v) is 6.12. The number of sulfone groups is 1. The van der Waals surface area contributed by atoms with E-state index in [1.165, 1.54) is 37.5 Å². The molecule has 0 unspecified atom stereocenters. The number of aromatic nitrogens is 1. The van der Waals surface area contributed by atoms with Crippen molar-refractivity contribution in [1.29, 1.82) is 0 Å². The van der Waals surface area contributed by atoms with Gasteiger partial charge in [-0.15, -0.1) is 0 Å². The minimum atomic E-state index is -4.71. The highest BCUT2D eigenvalue weighted by molar-refractivity contribution is 7.91. The molecule has 0 aliphatic rings. The van der Waals surface area contributed by atoms with E-state index in [-0.39, 0.29) is 10.6 Å². The fraction of sp³-hybridized carbons (Fsp3) is 0.0909. The van der Waals surface area contributed by atoms with Crippen LogP contribution in [-0.4, -0.2) is 26.4 Å². The van der Waals surface area contributed by atoms with E-state index in [0.717, 1.165) is 17.7 Å². The Labute approximate surface area is 182 Å². The van der Waals surface area contributed by atoms with Gasteiger partial charge in [-0.1, -0.05) is 6.07 Å². The molecule has 1 aromatic heterocycles. The second-order valence-electron chi connectivity index (χ2n) is 6.50. The molecule has 1 N–H and O–H groups in total. The van der Waals surface area contributed by atoms with Crippen molar-refractivity contribution >= 4 is 27.5 Å². The molecular formula is C22H17F3N2O4S. The van der Waals surface area contributed by atoms with Gasteiger partial charge in [-0.3, -0.25) is 9.78 Å². The number of rotatable bonds is 6. The fourth-order valence-electron chi connectivity index (χ4n) is 2.74. The lowest BCUT2D eigenvalue weighted by Gasteiger charge is -2.13. The van der Waals surface area contributed by atoms with Gasteiger partial charge in [0.25, 0.3) is 0 Å². The Morgan fingerprint density at radius 3 is 2.41 bits per heavy atom. The molecule has 6 nitrogen and oxygen atoms in total. The van der Waals surface area contributed by atoms with Gasteiger partial charge >= 0.3 is 6.18 Å². The standard InChI is InChI=1S/C22H17F3N2O4S/c1-31-19-10-5-16(22(23,24)25)13-20(19)32(29,30)18-8-6-17(7-9-18)27-21(28)11-4-15-3-2-12-26-14-15/h2-14H,1H3,(H,27,28). The Morgan fingerprint density at radius 1 is 1.09 bits per heavy atom. The number of carbonyl (C=O) groups excluding carboxylic acids is 1. The maximum atomic E-state index is 13.1. The Bertz CT molecular complexity index is 1240. The largest absolute Gasteiger partial charge is 0.495 e. The Hall–Kier alpha value is -3.66. The number of alkyl halides is 3. The summed E-state index contributed by atoms with van der Waals surface area (Å²) in [5.74, 6) is -0.667. The number of hydrogen-bond acceptors (Lipinski definition) is 5. The molecule has 0 bridgehead atoms. The molecule has 3 rings (SSSR count). The first-order valence-electron chi connectivity index (χ1n) is 9.11. The third-order valence-electron chi connectivity index (χ3n) is 4.32. The number of benzene rings is 2. The minimum Gasteiger partial charge on any atom is -0.495 e. The summed E-state index contributed by atoms with van der Waals surface area (Å²) in [6, 6.07) is 10.8. The van der Waals surface area contributed by atoms with E-state index in [1.54, 1.807) is 30.6 Å². The van der Waals surface area contributed by atoms with Crippen LogP contribution in [0.2, 0.25) is 0 Å². The van der Waals surface area contributed by atoms with Gasteiger partial charge in [-0.2, -0.15) is 13.2 Å². The van der Waals surface area contributed by atoms with Crippen LogP contribution in [-0.2, 0) is 20.8 Å². The zero-order valence-electron chi connectivity index (χ0n) is 16.6.